The lowest BCUT2D eigenvalue weighted by Crippen LogP contribution is -2.42. The number of nitrogens with one attached hydrogen (secondary N) is 1. The third-order valence-corrected chi connectivity index (χ3v) is 4.31. The van der Waals surface area contributed by atoms with Crippen LogP contribution in [0.5, 0.6) is 0 Å². The molecule has 3 saturated heterocycles. The number of amides is 1. The number of hydrogen-bond acceptors (Lipinski definition) is 4. The molecule has 0 aliphatic carbocycles. The third-order valence-electron chi connectivity index (χ3n) is 4.04. The summed E-state index contributed by atoms with van der Waals surface area (Å²) >= 11 is 5.57. The molecule has 20 heavy (non-hydrogen) atoms. The van der Waals surface area contributed by atoms with Crippen molar-refractivity contribution in [1.82, 2.24) is 20.2 Å². The van der Waals surface area contributed by atoms with E-state index < -0.39 is 5.82 Å². The molecule has 3 fully saturated rings. The van der Waals surface area contributed by atoms with Crippen LogP contribution < -0.4 is 5.32 Å². The second-order valence-corrected chi connectivity index (χ2v) is 5.84. The molecule has 1 unspecified atom stereocenters. The van der Waals surface area contributed by atoms with Gasteiger partial charge in [0.1, 0.15) is 0 Å². The van der Waals surface area contributed by atoms with Gasteiger partial charge in [-0.25, -0.2) is 14.4 Å². The predicted molar refractivity (Wildman–Crippen MR) is 72.0 cm³/mol. The topological polar surface area (TPSA) is 58.1 Å². The van der Waals surface area contributed by atoms with Crippen molar-refractivity contribution >= 4 is 17.5 Å². The number of rotatable bonds is 2. The number of piperidine rings is 1. The molecule has 0 spiro atoms. The van der Waals surface area contributed by atoms with Gasteiger partial charge in [-0.3, -0.25) is 4.79 Å². The molecule has 3 aliphatic rings. The Morgan fingerprint density at radius 1 is 1.45 bits per heavy atom. The van der Waals surface area contributed by atoms with Gasteiger partial charge in [0.25, 0.3) is 5.91 Å². The lowest BCUT2D eigenvalue weighted by molar-refractivity contribution is 0.0918. The normalized spacial score (nSPS) is 29.0. The highest BCUT2D eigenvalue weighted by Crippen LogP contribution is 2.26. The van der Waals surface area contributed by atoms with Crippen LogP contribution in [-0.2, 0) is 0 Å². The maximum absolute atomic E-state index is 13.0. The summed E-state index contributed by atoms with van der Waals surface area (Å²) < 4.78 is 13.0. The van der Waals surface area contributed by atoms with E-state index >= 15 is 0 Å². The highest BCUT2D eigenvalue weighted by molar-refractivity contribution is 6.29. The van der Waals surface area contributed by atoms with E-state index in [9.17, 15) is 9.18 Å². The standard InChI is InChI=1S/C13H16ClFN4O/c14-11-10(15)6-16-12(18-11)13(20)17-9-5-8-1-3-19(7-9)4-2-8/h6,8-9H,1-5,7H2,(H,17,20). The Hall–Kier alpha value is -1.27. The van der Waals surface area contributed by atoms with Gasteiger partial charge in [0.15, 0.2) is 11.0 Å². The van der Waals surface area contributed by atoms with Crippen LogP contribution in [0.25, 0.3) is 0 Å². The molecule has 0 aromatic carbocycles. The van der Waals surface area contributed by atoms with Crippen LogP contribution in [0.2, 0.25) is 5.15 Å². The van der Waals surface area contributed by atoms with E-state index in [1.807, 2.05) is 0 Å². The third kappa shape index (κ3) is 2.91. The summed E-state index contributed by atoms with van der Waals surface area (Å²) in [5.74, 6) is -0.513. The minimum atomic E-state index is -0.721. The van der Waals surface area contributed by atoms with Crippen LogP contribution in [0.3, 0.4) is 0 Å². The van der Waals surface area contributed by atoms with Gasteiger partial charge in [0.2, 0.25) is 5.82 Å². The summed E-state index contributed by atoms with van der Waals surface area (Å²) in [4.78, 5) is 21.8. The summed E-state index contributed by atoms with van der Waals surface area (Å²) in [6, 6.07) is 0.102. The minimum absolute atomic E-state index is 0.0806. The quantitative estimate of drug-likeness (QED) is 0.840. The van der Waals surface area contributed by atoms with Crippen molar-refractivity contribution in [2.45, 2.75) is 25.3 Å². The fourth-order valence-corrected chi connectivity index (χ4v) is 3.13. The zero-order chi connectivity index (χ0) is 14.1. The van der Waals surface area contributed by atoms with Crippen molar-refractivity contribution in [3.05, 3.63) is 23.0 Å². The molecule has 5 nitrogen and oxygen atoms in total. The van der Waals surface area contributed by atoms with E-state index in [2.05, 4.69) is 20.2 Å². The zero-order valence-corrected chi connectivity index (χ0v) is 11.7. The molecule has 4 heterocycles. The molecule has 1 aromatic rings. The van der Waals surface area contributed by atoms with Gasteiger partial charge >= 0.3 is 0 Å². The first-order valence-corrected chi connectivity index (χ1v) is 7.21. The van der Waals surface area contributed by atoms with Crippen molar-refractivity contribution < 1.29 is 9.18 Å². The number of carbonyl (C=O) groups is 1. The Bertz CT molecular complexity index is 505. The van der Waals surface area contributed by atoms with Crippen LogP contribution in [0.4, 0.5) is 4.39 Å². The first-order chi connectivity index (χ1) is 9.61. The molecule has 0 saturated carbocycles. The molecule has 7 heteroatoms. The van der Waals surface area contributed by atoms with E-state index in [1.54, 1.807) is 0 Å². The fourth-order valence-electron chi connectivity index (χ4n) is 3.00. The number of hydrogen-bond donors (Lipinski definition) is 1. The van der Waals surface area contributed by atoms with Crippen molar-refractivity contribution in [3.63, 3.8) is 0 Å². The van der Waals surface area contributed by atoms with Crippen LogP contribution >= 0.6 is 11.6 Å². The smallest absolute Gasteiger partial charge is 0.289 e. The molecule has 1 N–H and O–H groups in total. The summed E-state index contributed by atoms with van der Waals surface area (Å²) in [7, 11) is 0. The average Bonchev–Trinajstić information content (AvgIpc) is 2.74. The molecule has 1 atom stereocenters. The summed E-state index contributed by atoms with van der Waals surface area (Å²) in [6.07, 6.45) is 4.30. The van der Waals surface area contributed by atoms with Crippen LogP contribution in [0.15, 0.2) is 6.20 Å². The number of aromatic nitrogens is 2. The van der Waals surface area contributed by atoms with Crippen LogP contribution in [0.1, 0.15) is 29.9 Å². The molecular weight excluding hydrogens is 283 g/mol. The molecule has 1 amide bonds. The Morgan fingerprint density at radius 3 is 2.90 bits per heavy atom. The van der Waals surface area contributed by atoms with Gasteiger partial charge in [-0.05, 0) is 38.3 Å². The van der Waals surface area contributed by atoms with Crippen molar-refractivity contribution in [1.29, 1.82) is 0 Å². The van der Waals surface area contributed by atoms with Crippen molar-refractivity contribution in [2.24, 2.45) is 5.92 Å². The molecule has 0 radical (unpaired) electrons. The first kappa shape index (κ1) is 13.7. The van der Waals surface area contributed by atoms with E-state index in [-0.39, 0.29) is 22.9 Å². The van der Waals surface area contributed by atoms with Gasteiger partial charge in [-0.15, -0.1) is 0 Å². The monoisotopic (exact) mass is 298 g/mol. The zero-order valence-electron chi connectivity index (χ0n) is 11.0. The average molecular weight is 299 g/mol. The molecule has 2 bridgehead atoms. The Labute approximate surface area is 121 Å². The molecular formula is C13H16ClFN4O. The lowest BCUT2D eigenvalue weighted by Gasteiger charge is -2.26. The number of nitrogens with zero attached hydrogens (tertiary/aromatic N) is 3. The van der Waals surface area contributed by atoms with E-state index in [0.29, 0.717) is 5.92 Å². The first-order valence-electron chi connectivity index (χ1n) is 6.83. The summed E-state index contributed by atoms with van der Waals surface area (Å²) in [5, 5.41) is 2.61. The maximum Gasteiger partial charge on any atom is 0.289 e. The molecule has 4 rings (SSSR count). The van der Waals surface area contributed by atoms with Crippen LogP contribution in [0, 0.1) is 11.7 Å². The number of carbonyl (C=O) groups excluding carboxylic acids is 1. The highest BCUT2D eigenvalue weighted by Gasteiger charge is 2.30. The van der Waals surface area contributed by atoms with Gasteiger partial charge in [0.05, 0.1) is 6.20 Å². The van der Waals surface area contributed by atoms with Crippen LogP contribution in [-0.4, -0.2) is 46.5 Å². The lowest BCUT2D eigenvalue weighted by atomic mass is 9.94. The van der Waals surface area contributed by atoms with E-state index in [4.69, 9.17) is 11.6 Å². The van der Waals surface area contributed by atoms with E-state index in [1.165, 1.54) is 12.8 Å². The SMILES string of the molecule is O=C(NC1CC2CCN(CC2)C1)c1ncc(F)c(Cl)n1. The van der Waals surface area contributed by atoms with Crippen molar-refractivity contribution in [3.8, 4) is 0 Å². The van der Waals surface area contributed by atoms with Gasteiger partial charge in [0, 0.05) is 12.6 Å². The number of halogens is 2. The maximum atomic E-state index is 13.0. The Morgan fingerprint density at radius 2 is 2.20 bits per heavy atom. The van der Waals surface area contributed by atoms with Gasteiger partial charge < -0.3 is 10.2 Å². The van der Waals surface area contributed by atoms with Gasteiger partial charge in [-0.1, -0.05) is 11.6 Å². The highest BCUT2D eigenvalue weighted by atomic mass is 35.5. The number of fused-ring (bicyclic) bond motifs is 4. The Kier molecular flexibility index (Phi) is 3.85. The molecule has 1 aromatic heterocycles. The largest absolute Gasteiger partial charge is 0.345 e. The summed E-state index contributed by atoms with van der Waals surface area (Å²) in [6.45, 7) is 3.07. The van der Waals surface area contributed by atoms with E-state index in [0.717, 1.165) is 32.3 Å². The second kappa shape index (κ2) is 5.61. The summed E-state index contributed by atoms with van der Waals surface area (Å²) in [5.41, 5.74) is 0. The van der Waals surface area contributed by atoms with Gasteiger partial charge in [-0.2, -0.15) is 0 Å². The molecule has 3 aliphatic heterocycles. The van der Waals surface area contributed by atoms with Crippen molar-refractivity contribution in [2.75, 3.05) is 19.6 Å². The predicted octanol–water partition coefficient (Wildman–Crippen LogP) is 1.48. The second-order valence-electron chi connectivity index (χ2n) is 5.48. The Balaban J connectivity index is 1.67. The molecule has 108 valence electrons. The fraction of sp³-hybridized carbons (Fsp3) is 0.615. The minimum Gasteiger partial charge on any atom is -0.345 e.